The van der Waals surface area contributed by atoms with Gasteiger partial charge in [-0.25, -0.2) is 0 Å². The van der Waals surface area contributed by atoms with Crippen LogP contribution in [0.15, 0.2) is 42.5 Å². The molecule has 4 rings (SSSR count). The van der Waals surface area contributed by atoms with Crippen molar-refractivity contribution in [3.8, 4) is 17.2 Å². The van der Waals surface area contributed by atoms with Crippen LogP contribution in [0.1, 0.15) is 68.9 Å². The molecular formula is C28H37NO4. The van der Waals surface area contributed by atoms with E-state index in [4.69, 9.17) is 14.2 Å². The van der Waals surface area contributed by atoms with E-state index < -0.39 is 0 Å². The smallest absolute Gasteiger partial charge is 0.223 e. The van der Waals surface area contributed by atoms with Gasteiger partial charge in [0.25, 0.3) is 0 Å². The van der Waals surface area contributed by atoms with Crippen molar-refractivity contribution < 1.29 is 19.0 Å². The lowest BCUT2D eigenvalue weighted by atomic mass is 9.82. The number of ether oxygens (including phenoxy) is 3. The number of carbonyl (C=O) groups is 1. The Labute approximate surface area is 197 Å². The van der Waals surface area contributed by atoms with Crippen LogP contribution in [0.5, 0.6) is 17.2 Å². The van der Waals surface area contributed by atoms with Crippen LogP contribution in [0.4, 0.5) is 0 Å². The monoisotopic (exact) mass is 451 g/mol. The number of hydrogen-bond donors (Lipinski definition) is 1. The summed E-state index contributed by atoms with van der Waals surface area (Å²) in [6.45, 7) is 3.57. The minimum absolute atomic E-state index is 0.0445. The number of nitrogens with one attached hydrogen (secondary N) is 1. The molecule has 0 aromatic heterocycles. The SMILES string of the molecule is CCCCOc1ccc(CC2CC(c3ccc(OC)c(OC4CCCC4)c3)CNC2=O)cc1. The van der Waals surface area contributed by atoms with Crippen LogP contribution in [-0.2, 0) is 11.2 Å². The van der Waals surface area contributed by atoms with E-state index in [9.17, 15) is 4.79 Å². The van der Waals surface area contributed by atoms with Gasteiger partial charge >= 0.3 is 0 Å². The van der Waals surface area contributed by atoms with Crippen molar-refractivity contribution in [2.45, 2.75) is 70.3 Å². The molecule has 1 aliphatic heterocycles. The summed E-state index contributed by atoms with van der Waals surface area (Å²) in [6.07, 6.45) is 8.71. The zero-order valence-corrected chi connectivity index (χ0v) is 20.0. The highest BCUT2D eigenvalue weighted by atomic mass is 16.5. The van der Waals surface area contributed by atoms with Crippen molar-refractivity contribution in [3.63, 3.8) is 0 Å². The number of methoxy groups -OCH3 is 1. The van der Waals surface area contributed by atoms with Gasteiger partial charge in [0.15, 0.2) is 11.5 Å². The van der Waals surface area contributed by atoms with Crippen LogP contribution in [0.25, 0.3) is 0 Å². The number of rotatable bonds is 10. The van der Waals surface area contributed by atoms with E-state index in [2.05, 4.69) is 36.5 Å². The quantitative estimate of drug-likeness (QED) is 0.474. The van der Waals surface area contributed by atoms with E-state index in [0.29, 0.717) is 6.54 Å². The van der Waals surface area contributed by atoms with Gasteiger partial charge in [-0.3, -0.25) is 4.79 Å². The molecule has 2 aliphatic rings. The number of hydrogen-bond acceptors (Lipinski definition) is 4. The normalized spacial score (nSPS) is 21.0. The van der Waals surface area contributed by atoms with Crippen LogP contribution < -0.4 is 19.5 Å². The Balaban J connectivity index is 1.41. The summed E-state index contributed by atoms with van der Waals surface area (Å²) in [5.74, 6) is 2.87. The van der Waals surface area contributed by atoms with Crippen LogP contribution in [0.2, 0.25) is 0 Å². The molecule has 2 fully saturated rings. The number of unbranched alkanes of at least 4 members (excludes halogenated alkanes) is 1. The molecule has 1 N–H and O–H groups in total. The van der Waals surface area contributed by atoms with Crippen molar-refractivity contribution in [2.75, 3.05) is 20.3 Å². The highest BCUT2D eigenvalue weighted by Crippen LogP contribution is 2.37. The largest absolute Gasteiger partial charge is 0.494 e. The third kappa shape index (κ3) is 6.21. The lowest BCUT2D eigenvalue weighted by molar-refractivity contribution is -0.126. The summed E-state index contributed by atoms with van der Waals surface area (Å²) < 4.78 is 17.6. The second-order valence-corrected chi connectivity index (χ2v) is 9.36. The molecule has 1 saturated heterocycles. The molecule has 0 bridgehead atoms. The van der Waals surface area contributed by atoms with E-state index in [1.165, 1.54) is 24.0 Å². The van der Waals surface area contributed by atoms with Gasteiger partial charge in [0, 0.05) is 18.4 Å². The van der Waals surface area contributed by atoms with E-state index in [1.807, 2.05) is 18.2 Å². The van der Waals surface area contributed by atoms with Crippen LogP contribution in [-0.4, -0.2) is 32.3 Å². The first-order chi connectivity index (χ1) is 16.2. The molecule has 0 spiro atoms. The highest BCUT2D eigenvalue weighted by Gasteiger charge is 2.30. The number of amides is 1. The minimum atomic E-state index is -0.0445. The summed E-state index contributed by atoms with van der Waals surface area (Å²) in [5.41, 5.74) is 2.37. The Morgan fingerprint density at radius 2 is 1.82 bits per heavy atom. The van der Waals surface area contributed by atoms with E-state index in [1.54, 1.807) is 7.11 Å². The maximum atomic E-state index is 12.6. The first kappa shape index (κ1) is 23.5. The van der Waals surface area contributed by atoms with Crippen LogP contribution >= 0.6 is 0 Å². The maximum Gasteiger partial charge on any atom is 0.223 e. The Bertz CT molecular complexity index is 905. The van der Waals surface area contributed by atoms with Crippen molar-refractivity contribution in [2.24, 2.45) is 5.92 Å². The fraction of sp³-hybridized carbons (Fsp3) is 0.536. The molecule has 33 heavy (non-hydrogen) atoms. The van der Waals surface area contributed by atoms with Gasteiger partial charge in [0.05, 0.1) is 19.8 Å². The molecule has 1 saturated carbocycles. The van der Waals surface area contributed by atoms with Crippen molar-refractivity contribution in [1.82, 2.24) is 5.32 Å². The summed E-state index contributed by atoms with van der Waals surface area (Å²) in [4.78, 5) is 12.6. The molecule has 2 atom stereocenters. The summed E-state index contributed by atoms with van der Waals surface area (Å²) >= 11 is 0. The van der Waals surface area contributed by atoms with E-state index in [0.717, 1.165) is 62.4 Å². The molecule has 2 unspecified atom stereocenters. The van der Waals surface area contributed by atoms with Crippen LogP contribution in [0, 0.1) is 5.92 Å². The molecule has 1 heterocycles. The molecule has 2 aromatic rings. The van der Waals surface area contributed by atoms with Crippen molar-refractivity contribution in [3.05, 3.63) is 53.6 Å². The Morgan fingerprint density at radius 3 is 2.55 bits per heavy atom. The average Bonchev–Trinajstić information content (AvgIpc) is 3.35. The Hall–Kier alpha value is -2.69. The standard InChI is InChI=1S/C28H37NO4/c1-3-4-15-32-24-12-9-20(10-13-24)16-22-17-23(19-29-28(22)30)21-11-14-26(31-2)27(18-21)33-25-7-5-6-8-25/h9-14,18,22-23,25H,3-8,15-17,19H2,1-2H3,(H,29,30). The fourth-order valence-corrected chi connectivity index (χ4v) is 4.90. The van der Waals surface area contributed by atoms with E-state index >= 15 is 0 Å². The summed E-state index contributed by atoms with van der Waals surface area (Å²) in [5, 5.41) is 3.13. The minimum Gasteiger partial charge on any atom is -0.494 e. The lowest BCUT2D eigenvalue weighted by Gasteiger charge is -2.30. The van der Waals surface area contributed by atoms with Gasteiger partial charge in [-0.1, -0.05) is 31.5 Å². The third-order valence-electron chi connectivity index (χ3n) is 6.89. The maximum absolute atomic E-state index is 12.6. The molecule has 178 valence electrons. The zero-order chi connectivity index (χ0) is 23.0. The van der Waals surface area contributed by atoms with Gasteiger partial charge in [0.2, 0.25) is 5.91 Å². The average molecular weight is 452 g/mol. The van der Waals surface area contributed by atoms with Gasteiger partial charge in [-0.05, 0) is 80.3 Å². The van der Waals surface area contributed by atoms with Crippen molar-refractivity contribution >= 4 is 5.91 Å². The second kappa shape index (κ2) is 11.4. The molecule has 2 aromatic carbocycles. The van der Waals surface area contributed by atoms with Gasteiger partial charge < -0.3 is 19.5 Å². The predicted molar refractivity (Wildman–Crippen MR) is 130 cm³/mol. The second-order valence-electron chi connectivity index (χ2n) is 9.36. The topological polar surface area (TPSA) is 56.8 Å². The summed E-state index contributed by atoms with van der Waals surface area (Å²) in [6, 6.07) is 14.4. The molecule has 5 nitrogen and oxygen atoms in total. The summed E-state index contributed by atoms with van der Waals surface area (Å²) in [7, 11) is 1.69. The van der Waals surface area contributed by atoms with Gasteiger partial charge in [0.1, 0.15) is 5.75 Å². The first-order valence-corrected chi connectivity index (χ1v) is 12.5. The van der Waals surface area contributed by atoms with Gasteiger partial charge in [-0.2, -0.15) is 0 Å². The Morgan fingerprint density at radius 1 is 1.03 bits per heavy atom. The third-order valence-corrected chi connectivity index (χ3v) is 6.89. The zero-order valence-electron chi connectivity index (χ0n) is 20.0. The van der Waals surface area contributed by atoms with Crippen molar-refractivity contribution in [1.29, 1.82) is 0 Å². The van der Waals surface area contributed by atoms with Crippen LogP contribution in [0.3, 0.4) is 0 Å². The molecular weight excluding hydrogens is 414 g/mol. The predicted octanol–water partition coefficient (Wildman–Crippen LogP) is 5.66. The first-order valence-electron chi connectivity index (χ1n) is 12.5. The number of benzene rings is 2. The number of carbonyl (C=O) groups excluding carboxylic acids is 1. The van der Waals surface area contributed by atoms with E-state index in [-0.39, 0.29) is 23.8 Å². The van der Waals surface area contributed by atoms with Gasteiger partial charge in [-0.15, -0.1) is 0 Å². The fourth-order valence-electron chi connectivity index (χ4n) is 4.90. The molecule has 0 radical (unpaired) electrons. The molecule has 1 aliphatic carbocycles. The lowest BCUT2D eigenvalue weighted by Crippen LogP contribution is -2.41. The number of piperidine rings is 1. The molecule has 5 heteroatoms. The Kier molecular flexibility index (Phi) is 8.14. The molecule has 1 amide bonds. The highest BCUT2D eigenvalue weighted by molar-refractivity contribution is 5.80.